The Hall–Kier alpha value is -1.56. The predicted octanol–water partition coefficient (Wildman–Crippen LogP) is 3.00. The van der Waals surface area contributed by atoms with Crippen LogP contribution in [0, 0.1) is 23.2 Å². The summed E-state index contributed by atoms with van der Waals surface area (Å²) >= 11 is 0. The number of anilines is 1. The normalized spacial score (nSPS) is 33.2. The van der Waals surface area contributed by atoms with E-state index in [9.17, 15) is 13.2 Å². The summed E-state index contributed by atoms with van der Waals surface area (Å²) in [6, 6.07) is 6.67. The maximum atomic E-state index is 12.6. The van der Waals surface area contributed by atoms with Crippen LogP contribution in [0.1, 0.15) is 48.9 Å². The number of nitrogens with one attached hydrogen (secondary N) is 2. The molecule has 4 saturated carbocycles. The molecule has 0 aliphatic heterocycles. The van der Waals surface area contributed by atoms with Crippen molar-refractivity contribution in [3.63, 3.8) is 0 Å². The van der Waals surface area contributed by atoms with E-state index in [1.54, 1.807) is 24.3 Å². The summed E-state index contributed by atoms with van der Waals surface area (Å²) in [6.07, 6.45) is 9.07. The van der Waals surface area contributed by atoms with Crippen LogP contribution in [0.4, 0.5) is 5.69 Å². The lowest BCUT2D eigenvalue weighted by Gasteiger charge is -2.56. The van der Waals surface area contributed by atoms with Gasteiger partial charge in [0.05, 0.1) is 6.26 Å². The summed E-state index contributed by atoms with van der Waals surface area (Å²) in [6.45, 7) is 0.749. The Morgan fingerprint density at radius 3 is 2.28 bits per heavy atom. The number of hydrogen-bond donors (Lipinski definition) is 2. The molecule has 1 aromatic rings. The Morgan fingerprint density at radius 2 is 1.72 bits per heavy atom. The first-order chi connectivity index (χ1) is 11.8. The lowest BCUT2D eigenvalue weighted by molar-refractivity contribution is -0.0503. The molecule has 0 aromatic heterocycles. The van der Waals surface area contributed by atoms with E-state index in [1.807, 2.05) is 0 Å². The first-order valence-electron chi connectivity index (χ1n) is 9.16. The van der Waals surface area contributed by atoms with Crippen LogP contribution in [0.3, 0.4) is 0 Å². The zero-order chi connectivity index (χ0) is 17.7. The zero-order valence-electron chi connectivity index (χ0n) is 14.6. The van der Waals surface area contributed by atoms with Gasteiger partial charge in [0.2, 0.25) is 10.0 Å². The molecule has 0 atom stereocenters. The molecule has 0 spiro atoms. The van der Waals surface area contributed by atoms with Gasteiger partial charge >= 0.3 is 0 Å². The van der Waals surface area contributed by atoms with Crippen LogP contribution in [-0.2, 0) is 10.0 Å². The van der Waals surface area contributed by atoms with Crippen LogP contribution < -0.4 is 10.0 Å². The number of sulfonamides is 1. The van der Waals surface area contributed by atoms with Crippen LogP contribution >= 0.6 is 0 Å². The van der Waals surface area contributed by atoms with Gasteiger partial charge in [-0.1, -0.05) is 6.07 Å². The molecule has 5 rings (SSSR count). The van der Waals surface area contributed by atoms with E-state index in [2.05, 4.69) is 10.0 Å². The molecule has 1 aromatic carbocycles. The second-order valence-electron chi connectivity index (χ2n) is 8.56. The quantitative estimate of drug-likeness (QED) is 0.845. The monoisotopic (exact) mass is 362 g/mol. The van der Waals surface area contributed by atoms with E-state index in [0.717, 1.165) is 30.6 Å². The number of carbonyl (C=O) groups excluding carboxylic acids is 1. The van der Waals surface area contributed by atoms with E-state index >= 15 is 0 Å². The third-order valence-corrected chi connectivity index (χ3v) is 6.82. The third kappa shape index (κ3) is 3.68. The van der Waals surface area contributed by atoms with Gasteiger partial charge in [-0.25, -0.2) is 8.42 Å². The topological polar surface area (TPSA) is 75.3 Å². The van der Waals surface area contributed by atoms with Crippen molar-refractivity contribution in [2.75, 3.05) is 17.5 Å². The van der Waals surface area contributed by atoms with Crippen molar-refractivity contribution in [2.45, 2.75) is 38.5 Å². The standard InChI is InChI=1S/C19H26N2O3S/c1-25(23,24)21-17-4-2-3-16(8-17)18(22)20-12-19-9-13-5-14(10-19)7-15(6-13)11-19/h2-4,8,13-15,21H,5-7,9-12H2,1H3,(H,20,22). The van der Waals surface area contributed by atoms with Crippen molar-refractivity contribution in [3.05, 3.63) is 29.8 Å². The first-order valence-corrected chi connectivity index (χ1v) is 11.1. The van der Waals surface area contributed by atoms with Crippen molar-refractivity contribution >= 4 is 21.6 Å². The molecular formula is C19H26N2O3S. The summed E-state index contributed by atoms with van der Waals surface area (Å²) in [5.41, 5.74) is 1.22. The number of benzene rings is 1. The van der Waals surface area contributed by atoms with E-state index in [0.29, 0.717) is 16.7 Å². The molecule has 25 heavy (non-hydrogen) atoms. The number of hydrogen-bond acceptors (Lipinski definition) is 3. The van der Waals surface area contributed by atoms with Crippen molar-refractivity contribution in [3.8, 4) is 0 Å². The maximum absolute atomic E-state index is 12.6. The fourth-order valence-corrected chi connectivity index (χ4v) is 6.37. The minimum atomic E-state index is -3.34. The molecule has 4 aliphatic carbocycles. The van der Waals surface area contributed by atoms with E-state index in [1.165, 1.54) is 38.5 Å². The highest BCUT2D eigenvalue weighted by Gasteiger charge is 2.50. The molecule has 0 unspecified atom stereocenters. The van der Waals surface area contributed by atoms with Gasteiger partial charge in [0.1, 0.15) is 0 Å². The van der Waals surface area contributed by atoms with Gasteiger partial charge in [0, 0.05) is 17.8 Å². The SMILES string of the molecule is CS(=O)(=O)Nc1cccc(C(=O)NCC23CC4CC(CC(C4)C2)C3)c1. The van der Waals surface area contributed by atoms with Crippen LogP contribution in [0.25, 0.3) is 0 Å². The Balaban J connectivity index is 1.42. The van der Waals surface area contributed by atoms with Crippen LogP contribution in [0.2, 0.25) is 0 Å². The maximum Gasteiger partial charge on any atom is 0.251 e. The van der Waals surface area contributed by atoms with Gasteiger partial charge < -0.3 is 5.32 Å². The molecule has 5 nitrogen and oxygen atoms in total. The van der Waals surface area contributed by atoms with Crippen molar-refractivity contribution in [1.29, 1.82) is 0 Å². The minimum absolute atomic E-state index is 0.118. The first kappa shape index (κ1) is 16.9. The Bertz CT molecular complexity index is 752. The van der Waals surface area contributed by atoms with Crippen LogP contribution in [-0.4, -0.2) is 27.1 Å². The molecule has 0 saturated heterocycles. The molecule has 136 valence electrons. The second kappa shape index (κ2) is 6.01. The smallest absolute Gasteiger partial charge is 0.251 e. The van der Waals surface area contributed by atoms with E-state index in [-0.39, 0.29) is 5.91 Å². The van der Waals surface area contributed by atoms with Crippen molar-refractivity contribution in [2.24, 2.45) is 23.2 Å². The molecular weight excluding hydrogens is 336 g/mol. The zero-order valence-corrected chi connectivity index (χ0v) is 15.4. The highest BCUT2D eigenvalue weighted by molar-refractivity contribution is 7.92. The molecule has 6 heteroatoms. The van der Waals surface area contributed by atoms with E-state index < -0.39 is 10.0 Å². The van der Waals surface area contributed by atoms with Gasteiger partial charge in [-0.2, -0.15) is 0 Å². The number of amides is 1. The lowest BCUT2D eigenvalue weighted by atomic mass is 9.49. The predicted molar refractivity (Wildman–Crippen MR) is 97.8 cm³/mol. The minimum Gasteiger partial charge on any atom is -0.351 e. The Labute approximate surface area is 149 Å². The largest absolute Gasteiger partial charge is 0.351 e. The number of carbonyl (C=O) groups is 1. The van der Waals surface area contributed by atoms with Gasteiger partial charge in [0.25, 0.3) is 5.91 Å². The summed E-state index contributed by atoms with van der Waals surface area (Å²) < 4.78 is 25.1. The second-order valence-corrected chi connectivity index (χ2v) is 10.3. The Kier molecular flexibility index (Phi) is 4.06. The molecule has 1 amide bonds. The molecule has 4 fully saturated rings. The van der Waals surface area contributed by atoms with Gasteiger partial charge in [0.15, 0.2) is 0 Å². The third-order valence-electron chi connectivity index (χ3n) is 6.22. The summed E-state index contributed by atoms with van der Waals surface area (Å²) in [5.74, 6) is 2.48. The summed E-state index contributed by atoms with van der Waals surface area (Å²) in [5, 5.41) is 3.13. The molecule has 0 radical (unpaired) electrons. The van der Waals surface area contributed by atoms with Crippen molar-refractivity contribution < 1.29 is 13.2 Å². The van der Waals surface area contributed by atoms with Crippen LogP contribution in [0.15, 0.2) is 24.3 Å². The van der Waals surface area contributed by atoms with Gasteiger partial charge in [-0.3, -0.25) is 9.52 Å². The molecule has 2 N–H and O–H groups in total. The van der Waals surface area contributed by atoms with E-state index in [4.69, 9.17) is 0 Å². The molecule has 4 aliphatic rings. The summed E-state index contributed by atoms with van der Waals surface area (Å²) in [7, 11) is -3.34. The molecule has 4 bridgehead atoms. The fraction of sp³-hybridized carbons (Fsp3) is 0.632. The highest BCUT2D eigenvalue weighted by atomic mass is 32.2. The van der Waals surface area contributed by atoms with Crippen molar-refractivity contribution in [1.82, 2.24) is 5.32 Å². The Morgan fingerprint density at radius 1 is 1.12 bits per heavy atom. The average molecular weight is 362 g/mol. The van der Waals surface area contributed by atoms with Crippen LogP contribution in [0.5, 0.6) is 0 Å². The van der Waals surface area contributed by atoms with Gasteiger partial charge in [-0.05, 0) is 79.9 Å². The number of rotatable bonds is 5. The molecule has 0 heterocycles. The summed E-state index contributed by atoms with van der Waals surface area (Å²) in [4.78, 5) is 12.6. The fourth-order valence-electron chi connectivity index (χ4n) is 5.81. The average Bonchev–Trinajstić information content (AvgIpc) is 2.50. The van der Waals surface area contributed by atoms with Gasteiger partial charge in [-0.15, -0.1) is 0 Å². The highest BCUT2D eigenvalue weighted by Crippen LogP contribution is 2.59. The lowest BCUT2D eigenvalue weighted by Crippen LogP contribution is -2.51.